The lowest BCUT2D eigenvalue weighted by Gasteiger charge is -2.15. The van der Waals surface area contributed by atoms with Crippen LogP contribution in [0.3, 0.4) is 0 Å². The van der Waals surface area contributed by atoms with Crippen LogP contribution >= 0.6 is 0 Å². The number of hydrogen-bond acceptors (Lipinski definition) is 3. The molecule has 0 heterocycles. The number of aryl methyl sites for hydroxylation is 1. The molecule has 0 aromatic heterocycles. The highest BCUT2D eigenvalue weighted by atomic mass is 16.2. The molecule has 0 saturated carbocycles. The number of carbonyl (C=O) groups excluding carboxylic acids is 3. The van der Waals surface area contributed by atoms with E-state index in [0.29, 0.717) is 17.8 Å². The topological polar surface area (TPSA) is 66.5 Å². The summed E-state index contributed by atoms with van der Waals surface area (Å²) in [4.78, 5) is 37.3. The van der Waals surface area contributed by atoms with Gasteiger partial charge in [0.15, 0.2) is 5.78 Å². The van der Waals surface area contributed by atoms with Crippen LogP contribution in [0.4, 0.5) is 5.69 Å². The van der Waals surface area contributed by atoms with Gasteiger partial charge in [-0.2, -0.15) is 0 Å². The number of anilines is 1. The maximum atomic E-state index is 12.2. The summed E-state index contributed by atoms with van der Waals surface area (Å²) in [5.41, 5.74) is 3.40. The molecule has 5 heteroatoms. The lowest BCUT2D eigenvalue weighted by Crippen LogP contribution is -2.23. The minimum Gasteiger partial charge on any atom is -0.342 e. The van der Waals surface area contributed by atoms with Gasteiger partial charge in [0.2, 0.25) is 11.8 Å². The SMILES string of the molecule is CCc1ccc(C(=O)CCC(=O)Nc2cccc(CN(C)C(C)=O)c2)cc1. The molecule has 0 aliphatic rings. The maximum absolute atomic E-state index is 12.2. The van der Waals surface area contributed by atoms with Crippen molar-refractivity contribution in [3.8, 4) is 0 Å². The van der Waals surface area contributed by atoms with Gasteiger partial charge in [0.1, 0.15) is 0 Å². The van der Waals surface area contributed by atoms with Gasteiger partial charge in [-0.05, 0) is 29.7 Å². The molecular formula is C22H26N2O3. The Morgan fingerprint density at radius 2 is 1.67 bits per heavy atom. The highest BCUT2D eigenvalue weighted by Crippen LogP contribution is 2.14. The van der Waals surface area contributed by atoms with Gasteiger partial charge in [-0.1, -0.05) is 43.3 Å². The fraction of sp³-hybridized carbons (Fsp3) is 0.318. The first kappa shape index (κ1) is 20.4. The molecule has 2 rings (SSSR count). The Labute approximate surface area is 160 Å². The fourth-order valence-corrected chi connectivity index (χ4v) is 2.65. The van der Waals surface area contributed by atoms with Crippen LogP contribution in [0.15, 0.2) is 48.5 Å². The molecule has 0 unspecified atom stereocenters. The summed E-state index contributed by atoms with van der Waals surface area (Å²) < 4.78 is 0. The summed E-state index contributed by atoms with van der Waals surface area (Å²) in [6.45, 7) is 4.05. The van der Waals surface area contributed by atoms with Gasteiger partial charge >= 0.3 is 0 Å². The smallest absolute Gasteiger partial charge is 0.224 e. The van der Waals surface area contributed by atoms with E-state index in [-0.39, 0.29) is 30.4 Å². The van der Waals surface area contributed by atoms with Gasteiger partial charge in [-0.25, -0.2) is 0 Å². The zero-order chi connectivity index (χ0) is 19.8. The highest BCUT2D eigenvalue weighted by Gasteiger charge is 2.10. The second-order valence-electron chi connectivity index (χ2n) is 6.60. The number of nitrogens with zero attached hydrogens (tertiary/aromatic N) is 1. The first-order chi connectivity index (χ1) is 12.9. The molecular weight excluding hydrogens is 340 g/mol. The van der Waals surface area contributed by atoms with Crippen LogP contribution < -0.4 is 5.32 Å². The van der Waals surface area contributed by atoms with Crippen molar-refractivity contribution < 1.29 is 14.4 Å². The average Bonchev–Trinajstić information content (AvgIpc) is 2.66. The van der Waals surface area contributed by atoms with E-state index in [1.807, 2.05) is 42.5 Å². The third kappa shape index (κ3) is 6.37. The van der Waals surface area contributed by atoms with Crippen LogP contribution in [0.5, 0.6) is 0 Å². The van der Waals surface area contributed by atoms with Crippen LogP contribution in [0.25, 0.3) is 0 Å². The minimum absolute atomic E-state index is 0.0186. The number of benzene rings is 2. The second kappa shape index (κ2) is 9.67. The van der Waals surface area contributed by atoms with Gasteiger partial charge in [-0.3, -0.25) is 14.4 Å². The molecule has 0 radical (unpaired) electrons. The largest absolute Gasteiger partial charge is 0.342 e. The van der Waals surface area contributed by atoms with Crippen molar-refractivity contribution in [3.05, 3.63) is 65.2 Å². The van der Waals surface area contributed by atoms with E-state index in [2.05, 4.69) is 12.2 Å². The molecule has 2 amide bonds. The normalized spacial score (nSPS) is 10.3. The van der Waals surface area contributed by atoms with E-state index in [1.54, 1.807) is 18.0 Å². The molecule has 142 valence electrons. The average molecular weight is 366 g/mol. The standard InChI is InChI=1S/C22H26N2O3/c1-4-17-8-10-19(11-9-17)21(26)12-13-22(27)23-20-7-5-6-18(14-20)15-24(3)16(2)25/h5-11,14H,4,12-13,15H2,1-3H3,(H,23,27). The molecule has 27 heavy (non-hydrogen) atoms. The third-order valence-electron chi connectivity index (χ3n) is 4.43. The van der Waals surface area contributed by atoms with E-state index in [9.17, 15) is 14.4 Å². The zero-order valence-electron chi connectivity index (χ0n) is 16.1. The Bertz CT molecular complexity index is 813. The van der Waals surface area contributed by atoms with Crippen molar-refractivity contribution >= 4 is 23.3 Å². The molecule has 0 fully saturated rings. The van der Waals surface area contributed by atoms with Gasteiger partial charge < -0.3 is 10.2 Å². The molecule has 0 aliphatic heterocycles. The lowest BCUT2D eigenvalue weighted by atomic mass is 10.0. The van der Waals surface area contributed by atoms with Crippen LogP contribution in [-0.4, -0.2) is 29.5 Å². The number of rotatable bonds is 8. The molecule has 0 atom stereocenters. The fourth-order valence-electron chi connectivity index (χ4n) is 2.65. The molecule has 0 saturated heterocycles. The monoisotopic (exact) mass is 366 g/mol. The number of amides is 2. The van der Waals surface area contributed by atoms with Crippen LogP contribution in [0, 0.1) is 0 Å². The lowest BCUT2D eigenvalue weighted by molar-refractivity contribution is -0.128. The molecule has 0 aliphatic carbocycles. The van der Waals surface area contributed by atoms with Crippen molar-refractivity contribution in [1.82, 2.24) is 4.90 Å². The van der Waals surface area contributed by atoms with Gasteiger partial charge in [0, 0.05) is 44.6 Å². The number of Topliss-reactive ketones (excluding diaryl/α,β-unsaturated/α-hetero) is 1. The summed E-state index contributed by atoms with van der Waals surface area (Å²) in [5, 5.41) is 2.82. The van der Waals surface area contributed by atoms with E-state index in [0.717, 1.165) is 12.0 Å². The first-order valence-electron chi connectivity index (χ1n) is 9.11. The molecule has 0 spiro atoms. The second-order valence-corrected chi connectivity index (χ2v) is 6.60. The molecule has 2 aromatic carbocycles. The Morgan fingerprint density at radius 3 is 2.30 bits per heavy atom. The predicted octanol–water partition coefficient (Wildman–Crippen LogP) is 3.83. The van der Waals surface area contributed by atoms with Crippen molar-refractivity contribution in [2.45, 2.75) is 39.7 Å². The molecule has 5 nitrogen and oxygen atoms in total. The summed E-state index contributed by atoms with van der Waals surface area (Å²) in [7, 11) is 1.73. The van der Waals surface area contributed by atoms with Crippen LogP contribution in [0.2, 0.25) is 0 Å². The van der Waals surface area contributed by atoms with Gasteiger partial charge in [0.05, 0.1) is 0 Å². The molecule has 2 aromatic rings. The maximum Gasteiger partial charge on any atom is 0.224 e. The summed E-state index contributed by atoms with van der Waals surface area (Å²) in [6, 6.07) is 14.9. The van der Waals surface area contributed by atoms with Crippen molar-refractivity contribution in [1.29, 1.82) is 0 Å². The van der Waals surface area contributed by atoms with Crippen molar-refractivity contribution in [2.75, 3.05) is 12.4 Å². The number of ketones is 1. The number of carbonyl (C=O) groups is 3. The van der Waals surface area contributed by atoms with Gasteiger partial charge in [0.25, 0.3) is 0 Å². The first-order valence-corrected chi connectivity index (χ1v) is 9.11. The Balaban J connectivity index is 1.87. The summed E-state index contributed by atoms with van der Waals surface area (Å²) >= 11 is 0. The van der Waals surface area contributed by atoms with E-state index in [4.69, 9.17) is 0 Å². The quantitative estimate of drug-likeness (QED) is 0.722. The van der Waals surface area contributed by atoms with Crippen LogP contribution in [0.1, 0.15) is 48.2 Å². The predicted molar refractivity (Wildman–Crippen MR) is 107 cm³/mol. The van der Waals surface area contributed by atoms with Gasteiger partial charge in [-0.15, -0.1) is 0 Å². The molecule has 0 bridgehead atoms. The van der Waals surface area contributed by atoms with Crippen LogP contribution in [-0.2, 0) is 22.6 Å². The molecule has 1 N–H and O–H groups in total. The Morgan fingerprint density at radius 1 is 0.963 bits per heavy atom. The zero-order valence-corrected chi connectivity index (χ0v) is 16.1. The number of hydrogen-bond donors (Lipinski definition) is 1. The highest BCUT2D eigenvalue weighted by molar-refractivity contribution is 6.00. The van der Waals surface area contributed by atoms with E-state index < -0.39 is 0 Å². The summed E-state index contributed by atoms with van der Waals surface area (Å²) in [6.07, 6.45) is 1.23. The minimum atomic E-state index is -0.203. The number of nitrogens with one attached hydrogen (secondary N) is 1. The summed E-state index contributed by atoms with van der Waals surface area (Å²) in [5.74, 6) is -0.259. The van der Waals surface area contributed by atoms with Crippen molar-refractivity contribution in [3.63, 3.8) is 0 Å². The Hall–Kier alpha value is -2.95. The van der Waals surface area contributed by atoms with E-state index >= 15 is 0 Å². The van der Waals surface area contributed by atoms with Crippen molar-refractivity contribution in [2.24, 2.45) is 0 Å². The van der Waals surface area contributed by atoms with E-state index in [1.165, 1.54) is 12.5 Å². The third-order valence-corrected chi connectivity index (χ3v) is 4.43. The Kier molecular flexibility index (Phi) is 7.29.